The second kappa shape index (κ2) is 7.15. The van der Waals surface area contributed by atoms with Gasteiger partial charge < -0.3 is 15.2 Å². The van der Waals surface area contributed by atoms with Gasteiger partial charge in [0, 0.05) is 12.7 Å². The highest BCUT2D eigenvalue weighted by Gasteiger charge is 2.21. The first kappa shape index (κ1) is 16.1. The molecular weight excluding hydrogens is 304 g/mol. The summed E-state index contributed by atoms with van der Waals surface area (Å²) in [6.07, 6.45) is -1.07. The average Bonchev–Trinajstić information content (AvgIpc) is 2.90. The van der Waals surface area contributed by atoms with E-state index in [-0.39, 0.29) is 12.5 Å². The highest BCUT2D eigenvalue weighted by atomic mass is 32.1. The van der Waals surface area contributed by atoms with E-state index in [2.05, 4.69) is 10.3 Å². The van der Waals surface area contributed by atoms with Gasteiger partial charge in [-0.25, -0.2) is 9.78 Å². The number of methoxy groups -OCH3 is 1. The molecule has 0 bridgehead atoms. The number of thiazole rings is 1. The number of carbonyl (C=O) groups is 2. The fraction of sp³-hybridized carbons (Fsp3) is 0.267. The van der Waals surface area contributed by atoms with Gasteiger partial charge in [-0.2, -0.15) is 0 Å². The van der Waals surface area contributed by atoms with Crippen molar-refractivity contribution in [2.24, 2.45) is 0 Å². The van der Waals surface area contributed by atoms with E-state index in [9.17, 15) is 9.59 Å². The van der Waals surface area contributed by atoms with Crippen LogP contribution in [0.5, 0.6) is 0 Å². The molecule has 0 aliphatic heterocycles. The van der Waals surface area contributed by atoms with Crippen molar-refractivity contribution < 1.29 is 19.4 Å². The number of benzene rings is 1. The predicted molar refractivity (Wildman–Crippen MR) is 83.1 cm³/mol. The molecule has 0 saturated heterocycles. The number of carboxylic acid groups (broad SMARTS) is 1. The second-order valence-electron chi connectivity index (χ2n) is 4.55. The molecule has 2 N–H and O–H groups in total. The van der Waals surface area contributed by atoms with Crippen molar-refractivity contribution in [3.8, 4) is 11.3 Å². The van der Waals surface area contributed by atoms with Crippen LogP contribution in [0, 0.1) is 6.92 Å². The second-order valence-corrected chi connectivity index (χ2v) is 5.75. The Labute approximate surface area is 131 Å². The molecule has 0 aliphatic carbocycles. The molecular formula is C15H16N2O4S. The van der Waals surface area contributed by atoms with Crippen LogP contribution in [0.2, 0.25) is 0 Å². The average molecular weight is 320 g/mol. The Morgan fingerprint density at radius 2 is 2.05 bits per heavy atom. The molecule has 0 spiro atoms. The summed E-state index contributed by atoms with van der Waals surface area (Å²) in [7, 11) is 1.29. The molecule has 1 aromatic heterocycles. The molecule has 2 rings (SSSR count). The van der Waals surface area contributed by atoms with E-state index >= 15 is 0 Å². The van der Waals surface area contributed by atoms with Crippen LogP contribution in [0.3, 0.4) is 0 Å². The highest BCUT2D eigenvalue weighted by Crippen LogP contribution is 2.27. The Kier molecular flexibility index (Phi) is 5.24. The maximum atomic E-state index is 12.3. The van der Waals surface area contributed by atoms with Crippen LogP contribution in [-0.4, -0.2) is 41.7 Å². The zero-order valence-electron chi connectivity index (χ0n) is 12.2. The minimum atomic E-state index is -1.12. The van der Waals surface area contributed by atoms with Crippen LogP contribution in [-0.2, 0) is 9.53 Å². The topological polar surface area (TPSA) is 88.5 Å². The molecule has 0 fully saturated rings. The van der Waals surface area contributed by atoms with Crippen molar-refractivity contribution in [1.82, 2.24) is 10.3 Å². The van der Waals surface area contributed by atoms with Crippen LogP contribution in [0.15, 0.2) is 30.3 Å². The van der Waals surface area contributed by atoms with Crippen molar-refractivity contribution in [3.63, 3.8) is 0 Å². The standard InChI is InChI=1S/C15H16N2O4S/c1-9-17-12(10-6-4-3-5-7-10)13(22-9)14(18)16-8-11(21-2)15(19)20/h3-7,11H,8H2,1-2H3,(H,16,18)(H,19,20). The summed E-state index contributed by atoms with van der Waals surface area (Å²) in [5, 5.41) is 12.3. The van der Waals surface area contributed by atoms with Crippen molar-refractivity contribution in [3.05, 3.63) is 40.2 Å². The first-order valence-electron chi connectivity index (χ1n) is 6.59. The van der Waals surface area contributed by atoms with Crippen LogP contribution in [0.1, 0.15) is 14.7 Å². The largest absolute Gasteiger partial charge is 0.479 e. The Bertz CT molecular complexity index is 669. The van der Waals surface area contributed by atoms with E-state index in [0.717, 1.165) is 10.6 Å². The Balaban J connectivity index is 2.19. The fourth-order valence-corrected chi connectivity index (χ4v) is 2.77. The zero-order chi connectivity index (χ0) is 16.1. The normalized spacial score (nSPS) is 11.9. The molecule has 1 unspecified atom stereocenters. The van der Waals surface area contributed by atoms with Crippen molar-refractivity contribution >= 4 is 23.2 Å². The van der Waals surface area contributed by atoms with Crippen LogP contribution in [0.25, 0.3) is 11.3 Å². The molecule has 1 aromatic carbocycles. The number of hydrogen-bond acceptors (Lipinski definition) is 5. The van der Waals surface area contributed by atoms with Crippen molar-refractivity contribution in [2.75, 3.05) is 13.7 Å². The number of nitrogens with one attached hydrogen (secondary N) is 1. The van der Waals surface area contributed by atoms with Gasteiger partial charge in [-0.05, 0) is 6.92 Å². The summed E-state index contributed by atoms with van der Waals surface area (Å²) >= 11 is 1.27. The third-order valence-corrected chi connectivity index (χ3v) is 3.97. The summed E-state index contributed by atoms with van der Waals surface area (Å²) < 4.78 is 4.79. The molecule has 0 aliphatic rings. The molecule has 0 radical (unpaired) electrons. The van der Waals surface area contributed by atoms with Gasteiger partial charge in [0.15, 0.2) is 6.10 Å². The molecule has 1 heterocycles. The smallest absolute Gasteiger partial charge is 0.334 e. The van der Waals surface area contributed by atoms with Gasteiger partial charge in [0.2, 0.25) is 0 Å². The highest BCUT2D eigenvalue weighted by molar-refractivity contribution is 7.14. The van der Waals surface area contributed by atoms with E-state index < -0.39 is 12.1 Å². The number of hydrogen-bond donors (Lipinski definition) is 2. The Morgan fingerprint density at radius 1 is 1.36 bits per heavy atom. The van der Waals surface area contributed by atoms with Crippen LogP contribution >= 0.6 is 11.3 Å². The van der Waals surface area contributed by atoms with Gasteiger partial charge in [-0.1, -0.05) is 30.3 Å². The van der Waals surface area contributed by atoms with Gasteiger partial charge in [0.25, 0.3) is 5.91 Å². The maximum Gasteiger partial charge on any atom is 0.334 e. The monoisotopic (exact) mass is 320 g/mol. The predicted octanol–water partition coefficient (Wildman–Crippen LogP) is 1.95. The number of carboxylic acids is 1. The van der Waals surface area contributed by atoms with Crippen molar-refractivity contribution in [2.45, 2.75) is 13.0 Å². The minimum absolute atomic E-state index is 0.101. The molecule has 1 amide bonds. The number of amides is 1. The number of nitrogens with zero attached hydrogens (tertiary/aromatic N) is 1. The third-order valence-electron chi connectivity index (χ3n) is 3.00. The summed E-state index contributed by atoms with van der Waals surface area (Å²) in [5.74, 6) is -1.47. The Morgan fingerprint density at radius 3 is 2.64 bits per heavy atom. The van der Waals surface area contributed by atoms with Crippen LogP contribution < -0.4 is 5.32 Å². The Hall–Kier alpha value is -2.25. The lowest BCUT2D eigenvalue weighted by Gasteiger charge is -2.11. The lowest BCUT2D eigenvalue weighted by Crippen LogP contribution is -2.37. The van der Waals surface area contributed by atoms with E-state index in [4.69, 9.17) is 9.84 Å². The van der Waals surface area contributed by atoms with Gasteiger partial charge in [0.05, 0.1) is 17.2 Å². The number of aromatic nitrogens is 1. The molecule has 0 saturated carbocycles. The number of rotatable bonds is 6. The first-order valence-corrected chi connectivity index (χ1v) is 7.41. The molecule has 7 heteroatoms. The SMILES string of the molecule is COC(CNC(=O)c1sc(C)nc1-c1ccccc1)C(=O)O. The van der Waals surface area contributed by atoms with Crippen molar-refractivity contribution in [1.29, 1.82) is 0 Å². The third kappa shape index (κ3) is 3.69. The lowest BCUT2D eigenvalue weighted by atomic mass is 10.1. The van der Waals surface area contributed by atoms with Gasteiger partial charge in [0.1, 0.15) is 4.88 Å². The first-order chi connectivity index (χ1) is 10.5. The maximum absolute atomic E-state index is 12.3. The summed E-state index contributed by atoms with van der Waals surface area (Å²) in [6, 6.07) is 9.38. The molecule has 6 nitrogen and oxygen atoms in total. The van der Waals surface area contributed by atoms with E-state index in [1.54, 1.807) is 0 Å². The summed E-state index contributed by atoms with van der Waals surface area (Å²) in [6.45, 7) is 1.72. The molecule has 2 aromatic rings. The zero-order valence-corrected chi connectivity index (χ0v) is 13.0. The lowest BCUT2D eigenvalue weighted by molar-refractivity contribution is -0.147. The number of aryl methyl sites for hydroxylation is 1. The molecule has 116 valence electrons. The minimum Gasteiger partial charge on any atom is -0.479 e. The fourth-order valence-electron chi connectivity index (χ4n) is 1.91. The van der Waals surface area contributed by atoms with Crippen LogP contribution in [0.4, 0.5) is 0 Å². The van der Waals surface area contributed by atoms with E-state index in [0.29, 0.717) is 10.6 Å². The quantitative estimate of drug-likeness (QED) is 0.849. The summed E-state index contributed by atoms with van der Waals surface area (Å²) in [5.41, 5.74) is 1.45. The van der Waals surface area contributed by atoms with Gasteiger partial charge in [-0.3, -0.25) is 4.79 Å². The van der Waals surface area contributed by atoms with E-state index in [1.165, 1.54) is 18.4 Å². The number of ether oxygens (including phenoxy) is 1. The van der Waals surface area contributed by atoms with E-state index in [1.807, 2.05) is 37.3 Å². The summed E-state index contributed by atoms with van der Waals surface area (Å²) in [4.78, 5) is 28.0. The molecule has 1 atom stereocenters. The number of aliphatic carboxylic acids is 1. The number of carbonyl (C=O) groups excluding carboxylic acids is 1. The van der Waals surface area contributed by atoms with Gasteiger partial charge in [-0.15, -0.1) is 11.3 Å². The molecule has 22 heavy (non-hydrogen) atoms. The van der Waals surface area contributed by atoms with Gasteiger partial charge >= 0.3 is 5.97 Å².